The fourth-order valence-corrected chi connectivity index (χ4v) is 7.67. The van der Waals surface area contributed by atoms with Gasteiger partial charge in [-0.05, 0) is 107 Å². The first kappa shape index (κ1) is 26.1. The second-order valence-electron chi connectivity index (χ2n) is 12.5. The second-order valence-corrected chi connectivity index (χ2v) is 12.5. The fourth-order valence-electron chi connectivity index (χ4n) is 7.67. The Bertz CT molecular complexity index is 2780. The highest BCUT2D eigenvalue weighted by Crippen LogP contribution is 2.44. The summed E-state index contributed by atoms with van der Waals surface area (Å²) in [4.78, 5) is 0. The van der Waals surface area contributed by atoms with Gasteiger partial charge in [0.25, 0.3) is 0 Å². The van der Waals surface area contributed by atoms with Crippen LogP contribution in [-0.2, 0) is 0 Å². The Kier molecular flexibility index (Phi) is 5.64. The summed E-state index contributed by atoms with van der Waals surface area (Å²) in [5, 5.41) is 12.4. The molecule has 0 amide bonds. The number of hydrogen-bond donors (Lipinski definition) is 0. The minimum atomic E-state index is 0.923. The van der Waals surface area contributed by atoms with Crippen LogP contribution in [0.2, 0.25) is 0 Å². The van der Waals surface area contributed by atoms with Crippen LogP contribution >= 0.6 is 0 Å². The van der Waals surface area contributed by atoms with Crippen LogP contribution in [0.4, 0.5) is 0 Å². The Hall–Kier alpha value is -6.18. The minimum absolute atomic E-state index is 0.923. The molecule has 0 unspecified atom stereocenters. The summed E-state index contributed by atoms with van der Waals surface area (Å²) in [5.74, 6) is 0. The molecule has 1 heterocycles. The van der Waals surface area contributed by atoms with Crippen LogP contribution in [0.25, 0.3) is 98.4 Å². The van der Waals surface area contributed by atoms with Gasteiger partial charge in [-0.2, -0.15) is 0 Å². The Morgan fingerprint density at radius 3 is 1.34 bits per heavy atom. The average molecular weight is 597 g/mol. The normalized spacial score (nSPS) is 11.8. The molecule has 218 valence electrons. The van der Waals surface area contributed by atoms with E-state index in [0.29, 0.717) is 0 Å². The summed E-state index contributed by atoms with van der Waals surface area (Å²) in [5.41, 5.74) is 9.26. The lowest BCUT2D eigenvalue weighted by atomic mass is 9.85. The molecule has 1 heteroatoms. The summed E-state index contributed by atoms with van der Waals surface area (Å²) in [6.45, 7) is 0. The molecule has 0 radical (unpaired) electrons. The van der Waals surface area contributed by atoms with Gasteiger partial charge in [-0.3, -0.25) is 0 Å². The molecule has 0 saturated carbocycles. The zero-order valence-electron chi connectivity index (χ0n) is 25.6. The Labute approximate surface area is 271 Å². The standard InChI is InChI=1S/C46H28O/c1-2-10-29(11-3-1)45-39-13-4-6-15-41(39)46(42-16-7-5-14-40(42)45)34-22-24-36-33(27-34)19-18-32-26-30(20-23-35(32)36)31-21-25-38-37-12-8-9-17-43(37)47-44(38)28-31/h1-28H. The molecule has 1 nitrogen and oxygen atoms in total. The third kappa shape index (κ3) is 4.03. The van der Waals surface area contributed by atoms with Crippen LogP contribution in [0, 0.1) is 0 Å². The Balaban J connectivity index is 1.12. The number of para-hydroxylation sites is 1. The van der Waals surface area contributed by atoms with Gasteiger partial charge in [0.2, 0.25) is 0 Å². The van der Waals surface area contributed by atoms with Crippen molar-refractivity contribution in [3.8, 4) is 33.4 Å². The van der Waals surface area contributed by atoms with Crippen LogP contribution in [0.3, 0.4) is 0 Å². The lowest BCUT2D eigenvalue weighted by Gasteiger charge is -2.18. The van der Waals surface area contributed by atoms with E-state index in [1.54, 1.807) is 0 Å². The molecular formula is C46H28O. The van der Waals surface area contributed by atoms with Crippen molar-refractivity contribution in [2.24, 2.45) is 0 Å². The molecule has 0 atom stereocenters. The first-order valence-electron chi connectivity index (χ1n) is 16.2. The predicted octanol–water partition coefficient (Wildman–Crippen LogP) is 13.2. The van der Waals surface area contributed by atoms with E-state index in [1.165, 1.54) is 70.9 Å². The highest BCUT2D eigenvalue weighted by Gasteiger charge is 2.17. The quantitative estimate of drug-likeness (QED) is 0.146. The molecule has 0 bridgehead atoms. The van der Waals surface area contributed by atoms with Crippen molar-refractivity contribution >= 4 is 65.0 Å². The van der Waals surface area contributed by atoms with E-state index in [1.807, 2.05) is 12.1 Å². The van der Waals surface area contributed by atoms with E-state index >= 15 is 0 Å². The number of benzene rings is 9. The van der Waals surface area contributed by atoms with Crippen molar-refractivity contribution < 1.29 is 4.42 Å². The molecule has 47 heavy (non-hydrogen) atoms. The molecule has 0 saturated heterocycles. The van der Waals surface area contributed by atoms with E-state index in [2.05, 4.69) is 158 Å². The van der Waals surface area contributed by atoms with Gasteiger partial charge in [-0.1, -0.05) is 140 Å². The van der Waals surface area contributed by atoms with Crippen molar-refractivity contribution in [3.63, 3.8) is 0 Å². The van der Waals surface area contributed by atoms with Gasteiger partial charge in [-0.25, -0.2) is 0 Å². The Morgan fingerprint density at radius 2 is 0.702 bits per heavy atom. The summed E-state index contributed by atoms with van der Waals surface area (Å²) in [7, 11) is 0. The van der Waals surface area contributed by atoms with Crippen LogP contribution < -0.4 is 0 Å². The van der Waals surface area contributed by atoms with Crippen molar-refractivity contribution in [1.82, 2.24) is 0 Å². The third-order valence-electron chi connectivity index (χ3n) is 9.83. The molecule has 0 aliphatic carbocycles. The molecule has 0 aliphatic heterocycles. The number of rotatable bonds is 3. The van der Waals surface area contributed by atoms with Gasteiger partial charge < -0.3 is 4.42 Å². The Morgan fingerprint density at radius 1 is 0.255 bits per heavy atom. The first-order chi connectivity index (χ1) is 23.3. The van der Waals surface area contributed by atoms with Gasteiger partial charge in [0, 0.05) is 10.8 Å². The molecular weight excluding hydrogens is 569 g/mol. The maximum Gasteiger partial charge on any atom is 0.136 e. The van der Waals surface area contributed by atoms with E-state index < -0.39 is 0 Å². The summed E-state index contributed by atoms with van der Waals surface area (Å²) < 4.78 is 6.19. The highest BCUT2D eigenvalue weighted by molar-refractivity contribution is 6.22. The van der Waals surface area contributed by atoms with Crippen LogP contribution in [0.15, 0.2) is 174 Å². The fraction of sp³-hybridized carbons (Fsp3) is 0. The van der Waals surface area contributed by atoms with Crippen molar-refractivity contribution in [3.05, 3.63) is 170 Å². The third-order valence-corrected chi connectivity index (χ3v) is 9.83. The maximum atomic E-state index is 6.19. The molecule has 9 aromatic carbocycles. The van der Waals surface area contributed by atoms with Gasteiger partial charge in [0.05, 0.1) is 0 Å². The van der Waals surface area contributed by atoms with Crippen LogP contribution in [0.5, 0.6) is 0 Å². The zero-order chi connectivity index (χ0) is 30.9. The number of furan rings is 1. The summed E-state index contributed by atoms with van der Waals surface area (Å²) in [6.07, 6.45) is 0. The largest absolute Gasteiger partial charge is 0.456 e. The van der Waals surface area contributed by atoms with Crippen LogP contribution in [-0.4, -0.2) is 0 Å². The van der Waals surface area contributed by atoms with Crippen molar-refractivity contribution in [1.29, 1.82) is 0 Å². The molecule has 10 aromatic rings. The molecule has 1 aromatic heterocycles. The number of fused-ring (bicyclic) bond motifs is 8. The summed E-state index contributed by atoms with van der Waals surface area (Å²) in [6, 6.07) is 61.6. The molecule has 0 aliphatic rings. The SMILES string of the molecule is c1ccc(-c2c3ccccc3c(-c3ccc4c(ccc5cc(-c6ccc7c(c6)oc6ccccc67)ccc54)c3)c3ccccc23)cc1. The van der Waals surface area contributed by atoms with Gasteiger partial charge >= 0.3 is 0 Å². The summed E-state index contributed by atoms with van der Waals surface area (Å²) >= 11 is 0. The monoisotopic (exact) mass is 596 g/mol. The average Bonchev–Trinajstić information content (AvgIpc) is 3.51. The van der Waals surface area contributed by atoms with Crippen molar-refractivity contribution in [2.75, 3.05) is 0 Å². The lowest BCUT2D eigenvalue weighted by molar-refractivity contribution is 0.669. The number of hydrogen-bond acceptors (Lipinski definition) is 1. The van der Waals surface area contributed by atoms with E-state index in [9.17, 15) is 0 Å². The minimum Gasteiger partial charge on any atom is -0.456 e. The predicted molar refractivity (Wildman–Crippen MR) is 200 cm³/mol. The second kappa shape index (κ2) is 10.2. The molecule has 0 spiro atoms. The molecule has 0 fully saturated rings. The van der Waals surface area contributed by atoms with Gasteiger partial charge in [-0.15, -0.1) is 0 Å². The van der Waals surface area contributed by atoms with E-state index in [4.69, 9.17) is 4.42 Å². The van der Waals surface area contributed by atoms with E-state index in [0.717, 1.165) is 27.5 Å². The smallest absolute Gasteiger partial charge is 0.136 e. The first-order valence-corrected chi connectivity index (χ1v) is 16.2. The van der Waals surface area contributed by atoms with Gasteiger partial charge in [0.15, 0.2) is 0 Å². The topological polar surface area (TPSA) is 13.1 Å². The molecule has 0 N–H and O–H groups in total. The zero-order valence-corrected chi connectivity index (χ0v) is 25.6. The van der Waals surface area contributed by atoms with Crippen LogP contribution in [0.1, 0.15) is 0 Å². The van der Waals surface area contributed by atoms with Gasteiger partial charge in [0.1, 0.15) is 11.2 Å². The van der Waals surface area contributed by atoms with Crippen molar-refractivity contribution in [2.45, 2.75) is 0 Å². The lowest BCUT2D eigenvalue weighted by Crippen LogP contribution is -1.91. The van der Waals surface area contributed by atoms with E-state index in [-0.39, 0.29) is 0 Å². The molecule has 10 rings (SSSR count). The highest BCUT2D eigenvalue weighted by atomic mass is 16.3. The maximum absolute atomic E-state index is 6.19.